The van der Waals surface area contributed by atoms with Crippen molar-refractivity contribution in [2.75, 3.05) is 21.3 Å². The van der Waals surface area contributed by atoms with Gasteiger partial charge in [0.1, 0.15) is 5.75 Å². The molecule has 0 aliphatic carbocycles. The average Bonchev–Trinajstić information content (AvgIpc) is 2.58. The van der Waals surface area contributed by atoms with Gasteiger partial charge in [-0.05, 0) is 16.7 Å². The molecule has 0 saturated heterocycles. The van der Waals surface area contributed by atoms with Crippen LogP contribution >= 0.6 is 16.4 Å². The molecule has 0 amide bonds. The van der Waals surface area contributed by atoms with Crippen LogP contribution in [0.25, 0.3) is 0 Å². The summed E-state index contributed by atoms with van der Waals surface area (Å²) in [7, 11) is -2.30. The minimum Gasteiger partial charge on any atom is -0.395 e. The molecule has 0 radical (unpaired) electrons. The fraction of sp³-hybridized carbons (Fsp3) is 0.364. The van der Waals surface area contributed by atoms with E-state index in [-0.39, 0.29) is 11.4 Å². The van der Waals surface area contributed by atoms with Crippen molar-refractivity contribution in [3.63, 3.8) is 0 Å². The largest absolute Gasteiger partial charge is 0.600 e. The Balaban J connectivity index is 2.92. The first-order chi connectivity index (χ1) is 11.3. The van der Waals surface area contributed by atoms with Crippen molar-refractivity contribution in [3.8, 4) is 5.75 Å². The highest BCUT2D eigenvalue weighted by atomic mass is 31.2. The van der Waals surface area contributed by atoms with Crippen molar-refractivity contribution >= 4 is 28.2 Å². The Bertz CT molecular complexity index is 609. The van der Waals surface area contributed by atoms with Crippen LogP contribution in [0.1, 0.15) is 0 Å². The minimum atomic E-state index is -2.82. The molecule has 13 heteroatoms. The van der Waals surface area contributed by atoms with E-state index in [9.17, 15) is 24.4 Å². The summed E-state index contributed by atoms with van der Waals surface area (Å²) in [5, 5.41) is 8.15. The molecule has 3 unspecified atom stereocenters. The number of carbonyl (C=O) groups excluding carboxylic acids is 1. The van der Waals surface area contributed by atoms with Crippen LogP contribution in [-0.4, -0.2) is 42.6 Å². The van der Waals surface area contributed by atoms with Crippen LogP contribution in [0.2, 0.25) is 0 Å². The van der Waals surface area contributed by atoms with Crippen LogP contribution in [0, 0.1) is 10.1 Å². The van der Waals surface area contributed by atoms with Crippen LogP contribution in [-0.2, 0) is 23.1 Å². The first kappa shape index (κ1) is 20.3. The van der Waals surface area contributed by atoms with E-state index >= 15 is 0 Å². The Kier molecular flexibility index (Phi) is 7.56. The smallest absolute Gasteiger partial charge is 0.395 e. The zero-order valence-electron chi connectivity index (χ0n) is 12.8. The number of methoxy groups -OCH3 is 1. The van der Waals surface area contributed by atoms with Gasteiger partial charge in [0.25, 0.3) is 5.69 Å². The van der Waals surface area contributed by atoms with Gasteiger partial charge >= 0.3 is 27.8 Å². The van der Waals surface area contributed by atoms with Crippen molar-refractivity contribution < 1.29 is 42.4 Å². The van der Waals surface area contributed by atoms with Crippen LogP contribution < -0.4 is 4.74 Å². The fourth-order valence-corrected chi connectivity index (χ4v) is 3.55. The zero-order valence-corrected chi connectivity index (χ0v) is 14.6. The lowest BCUT2D eigenvalue weighted by atomic mass is 10.3. The highest BCUT2D eigenvalue weighted by Crippen LogP contribution is 2.61. The lowest BCUT2D eigenvalue weighted by Gasteiger charge is -2.22. The summed E-state index contributed by atoms with van der Waals surface area (Å²) in [6.45, 7) is 0. The molecule has 0 saturated carbocycles. The Morgan fingerprint density at radius 1 is 1.29 bits per heavy atom. The number of non-ortho nitro benzene ring substituents is 1. The maximum Gasteiger partial charge on any atom is 0.600 e. The quantitative estimate of drug-likeness (QED) is 0.178. The molecule has 11 nitrogen and oxygen atoms in total. The number of nitro benzene ring substituents is 1. The molecule has 24 heavy (non-hydrogen) atoms. The number of nitro groups is 1. The van der Waals surface area contributed by atoms with Gasteiger partial charge in [-0.3, -0.25) is 14.9 Å². The first-order valence-electron chi connectivity index (χ1n) is 6.05. The topological polar surface area (TPSA) is 144 Å². The number of hydrogen-bond donors (Lipinski definition) is 1. The van der Waals surface area contributed by atoms with Crippen LogP contribution in [0.15, 0.2) is 24.3 Å². The molecule has 132 valence electrons. The van der Waals surface area contributed by atoms with Gasteiger partial charge in [-0.1, -0.05) is 0 Å². The molecule has 0 aliphatic rings. The predicted molar refractivity (Wildman–Crippen MR) is 80.7 cm³/mol. The monoisotopic (exact) mass is 382 g/mol. The van der Waals surface area contributed by atoms with Gasteiger partial charge < -0.3 is 18.9 Å². The van der Waals surface area contributed by atoms with Crippen LogP contribution in [0.3, 0.4) is 0 Å². The first-order valence-corrected chi connectivity index (χ1v) is 8.44. The molecule has 1 aromatic carbocycles. The van der Waals surface area contributed by atoms with E-state index in [2.05, 4.69) is 9.05 Å². The molecule has 0 bridgehead atoms. The summed E-state index contributed by atoms with van der Waals surface area (Å²) in [5.41, 5.74) is -0.206. The molecule has 0 aliphatic heterocycles. The summed E-state index contributed by atoms with van der Waals surface area (Å²) in [4.78, 5) is 31.6. The van der Waals surface area contributed by atoms with Crippen molar-refractivity contribution in [1.82, 2.24) is 0 Å². The van der Waals surface area contributed by atoms with Gasteiger partial charge in [-0.2, -0.15) is 0 Å². The number of ether oxygens (including phenoxy) is 3. The SMILES string of the molecule is COP(O)C(OC)(OC(=O)Oc1ccc([N+](=O)[O-])cc1)[P+](=O)OC. The van der Waals surface area contributed by atoms with Gasteiger partial charge in [0.05, 0.1) is 12.0 Å². The van der Waals surface area contributed by atoms with Gasteiger partial charge in [-0.15, -0.1) is 4.52 Å². The van der Waals surface area contributed by atoms with Crippen molar-refractivity contribution in [2.45, 2.75) is 5.27 Å². The summed E-state index contributed by atoms with van der Waals surface area (Å²) >= 11 is 0. The molecule has 0 aromatic heterocycles. The molecule has 0 heterocycles. The third-order valence-corrected chi connectivity index (χ3v) is 5.72. The van der Waals surface area contributed by atoms with E-state index in [1.165, 1.54) is 0 Å². The van der Waals surface area contributed by atoms with E-state index in [0.29, 0.717) is 0 Å². The van der Waals surface area contributed by atoms with Crippen molar-refractivity contribution in [1.29, 1.82) is 0 Å². The highest BCUT2D eigenvalue weighted by molar-refractivity contribution is 7.63. The lowest BCUT2D eigenvalue weighted by Crippen LogP contribution is -2.33. The standard InChI is InChI=1S/C11H14NO10P2/c1-18-11(23(16)19-2,24(17)20-3)22-10(13)21-9-6-4-8(5-7-9)12(14)15/h4-7,16H,1-3H3/q+1. The third-order valence-electron chi connectivity index (χ3n) is 2.54. The van der Waals surface area contributed by atoms with E-state index in [1.54, 1.807) is 0 Å². The van der Waals surface area contributed by atoms with E-state index in [1.807, 2.05) is 0 Å². The maximum atomic E-state index is 11.9. The van der Waals surface area contributed by atoms with E-state index in [0.717, 1.165) is 45.6 Å². The van der Waals surface area contributed by atoms with E-state index < -0.39 is 32.8 Å². The summed E-state index contributed by atoms with van der Waals surface area (Å²) in [6, 6.07) is 4.52. The average molecular weight is 382 g/mol. The summed E-state index contributed by atoms with van der Waals surface area (Å²) in [5.74, 6) is -0.0806. The second-order valence-electron chi connectivity index (χ2n) is 3.85. The molecule has 0 spiro atoms. The Morgan fingerprint density at radius 3 is 2.29 bits per heavy atom. The lowest BCUT2D eigenvalue weighted by molar-refractivity contribution is -0.384. The van der Waals surface area contributed by atoms with E-state index in [4.69, 9.17) is 14.2 Å². The molecule has 1 rings (SSSR count). The Labute approximate surface area is 138 Å². The fourth-order valence-electron chi connectivity index (χ4n) is 1.43. The second-order valence-corrected chi connectivity index (χ2v) is 7.17. The molecule has 3 atom stereocenters. The number of carbonyl (C=O) groups is 1. The zero-order chi connectivity index (χ0) is 18.3. The number of benzene rings is 1. The van der Waals surface area contributed by atoms with Crippen LogP contribution in [0.5, 0.6) is 5.75 Å². The summed E-state index contributed by atoms with van der Waals surface area (Å²) < 4.78 is 35.6. The van der Waals surface area contributed by atoms with Gasteiger partial charge in [0.15, 0.2) is 0 Å². The molecule has 1 aromatic rings. The summed E-state index contributed by atoms with van der Waals surface area (Å²) in [6.07, 6.45) is -1.38. The van der Waals surface area contributed by atoms with Crippen LogP contribution in [0.4, 0.5) is 10.5 Å². The second kappa shape index (κ2) is 8.93. The van der Waals surface area contributed by atoms with Crippen molar-refractivity contribution in [3.05, 3.63) is 34.4 Å². The predicted octanol–water partition coefficient (Wildman–Crippen LogP) is 2.71. The normalized spacial score (nSPS) is 15.1. The molecular weight excluding hydrogens is 368 g/mol. The number of rotatable bonds is 8. The Morgan fingerprint density at radius 2 is 1.88 bits per heavy atom. The number of nitrogens with zero attached hydrogens (tertiary/aromatic N) is 1. The third kappa shape index (κ3) is 4.64. The highest BCUT2D eigenvalue weighted by Gasteiger charge is 2.65. The van der Waals surface area contributed by atoms with Gasteiger partial charge in [0, 0.05) is 26.4 Å². The van der Waals surface area contributed by atoms with Gasteiger partial charge in [0.2, 0.25) is 0 Å². The molecule has 1 N–H and O–H groups in total. The van der Waals surface area contributed by atoms with Gasteiger partial charge in [-0.25, -0.2) is 4.79 Å². The minimum absolute atomic E-state index is 0.0806. The molecular formula is C11H14NO10P2+. The maximum absolute atomic E-state index is 11.9. The van der Waals surface area contributed by atoms with Crippen molar-refractivity contribution in [2.24, 2.45) is 0 Å². The Hall–Kier alpha value is -1.74. The molecule has 0 fully saturated rings. The number of hydrogen-bond acceptors (Lipinski definition) is 10.